The highest BCUT2D eigenvalue weighted by molar-refractivity contribution is 7.91. The number of aryl methyl sites for hydroxylation is 1. The summed E-state index contributed by atoms with van der Waals surface area (Å²) in [4.78, 5) is 27.6. The Bertz CT molecular complexity index is 693. The van der Waals surface area contributed by atoms with Crippen molar-refractivity contribution in [2.45, 2.75) is 37.6 Å². The number of carbonyl (C=O) groups excluding carboxylic acids is 1. The van der Waals surface area contributed by atoms with Gasteiger partial charge in [0.05, 0.1) is 0 Å². The van der Waals surface area contributed by atoms with Crippen LogP contribution in [0.5, 0.6) is 0 Å². The lowest BCUT2D eigenvalue weighted by Gasteiger charge is -2.26. The molecular formula is C13H21N3O6S2. The molecule has 11 heteroatoms. The molecule has 1 heterocycles. The van der Waals surface area contributed by atoms with Crippen LogP contribution in [0, 0.1) is 6.92 Å². The normalized spacial score (nSPS) is 12.0. The molecule has 0 saturated heterocycles. The molecule has 0 unspecified atom stereocenters. The number of hydrogen-bond acceptors (Lipinski definition) is 7. The van der Waals surface area contributed by atoms with Crippen LogP contribution in [0.2, 0.25) is 0 Å². The van der Waals surface area contributed by atoms with E-state index < -0.39 is 34.2 Å². The van der Waals surface area contributed by atoms with Gasteiger partial charge in [0.25, 0.3) is 10.0 Å². The fraction of sp³-hybridized carbons (Fsp3) is 0.615. The van der Waals surface area contributed by atoms with Gasteiger partial charge in [-0.15, -0.1) is 11.3 Å². The van der Waals surface area contributed by atoms with Gasteiger partial charge in [-0.1, -0.05) is 0 Å². The van der Waals surface area contributed by atoms with Crippen molar-refractivity contribution in [2.75, 3.05) is 19.6 Å². The first-order chi connectivity index (χ1) is 10.9. The Labute approximate surface area is 144 Å². The van der Waals surface area contributed by atoms with Gasteiger partial charge < -0.3 is 9.84 Å². The van der Waals surface area contributed by atoms with Crippen LogP contribution < -0.4 is 4.72 Å². The van der Waals surface area contributed by atoms with Crippen molar-refractivity contribution in [1.82, 2.24) is 14.6 Å². The molecule has 2 N–H and O–H groups in total. The zero-order valence-corrected chi connectivity index (χ0v) is 15.5. The summed E-state index contributed by atoms with van der Waals surface area (Å²) >= 11 is 0.979. The summed E-state index contributed by atoms with van der Waals surface area (Å²) < 4.78 is 31.4. The average Bonchev–Trinajstić information content (AvgIpc) is 2.82. The number of sulfonamides is 1. The lowest BCUT2D eigenvalue weighted by molar-refractivity contribution is -0.138. The predicted molar refractivity (Wildman–Crippen MR) is 87.5 cm³/mol. The van der Waals surface area contributed by atoms with E-state index >= 15 is 0 Å². The Kier molecular flexibility index (Phi) is 6.69. The lowest BCUT2D eigenvalue weighted by atomic mass is 10.2. The van der Waals surface area contributed by atoms with Gasteiger partial charge in [-0.25, -0.2) is 22.9 Å². The fourth-order valence-corrected chi connectivity index (χ4v) is 3.65. The van der Waals surface area contributed by atoms with Crippen LogP contribution in [-0.4, -0.2) is 60.7 Å². The van der Waals surface area contributed by atoms with E-state index in [1.165, 1.54) is 0 Å². The summed E-state index contributed by atoms with van der Waals surface area (Å²) in [6.07, 6.45) is -0.825. The van der Waals surface area contributed by atoms with Crippen LogP contribution in [0.15, 0.2) is 9.72 Å². The number of nitrogens with one attached hydrogen (secondary N) is 1. The number of aromatic nitrogens is 1. The number of rotatable bonds is 7. The molecule has 0 aliphatic rings. The Morgan fingerprint density at radius 3 is 2.50 bits per heavy atom. The highest BCUT2D eigenvalue weighted by Crippen LogP contribution is 2.14. The van der Waals surface area contributed by atoms with Crippen molar-refractivity contribution in [3.63, 3.8) is 0 Å². The third-order valence-electron chi connectivity index (χ3n) is 2.48. The maximum Gasteiger partial charge on any atom is 0.410 e. The van der Waals surface area contributed by atoms with Crippen molar-refractivity contribution >= 4 is 33.4 Å². The van der Waals surface area contributed by atoms with Crippen molar-refractivity contribution in [3.05, 3.63) is 11.1 Å². The number of amides is 1. The van der Waals surface area contributed by atoms with Crippen molar-refractivity contribution in [3.8, 4) is 0 Å². The molecule has 0 spiro atoms. The molecule has 1 aromatic rings. The molecule has 0 aliphatic heterocycles. The van der Waals surface area contributed by atoms with E-state index in [1.54, 1.807) is 33.1 Å². The molecule has 0 bridgehead atoms. The van der Waals surface area contributed by atoms with Gasteiger partial charge in [0.1, 0.15) is 12.1 Å². The number of carboxylic acid groups (broad SMARTS) is 1. The molecule has 0 atom stereocenters. The number of carboxylic acids is 1. The van der Waals surface area contributed by atoms with E-state index in [9.17, 15) is 18.0 Å². The van der Waals surface area contributed by atoms with Gasteiger partial charge in [0.15, 0.2) is 0 Å². The van der Waals surface area contributed by atoms with E-state index in [0.29, 0.717) is 5.69 Å². The van der Waals surface area contributed by atoms with Gasteiger partial charge in [0, 0.05) is 24.2 Å². The van der Waals surface area contributed by atoms with Gasteiger partial charge in [-0.05, 0) is 27.7 Å². The molecule has 0 aliphatic carbocycles. The average molecular weight is 379 g/mol. The van der Waals surface area contributed by atoms with Crippen LogP contribution in [0.4, 0.5) is 4.79 Å². The molecule has 9 nitrogen and oxygen atoms in total. The molecule has 0 fully saturated rings. The monoisotopic (exact) mass is 379 g/mol. The quantitative estimate of drug-likeness (QED) is 0.725. The molecule has 1 rings (SSSR count). The number of hydrogen-bond donors (Lipinski definition) is 2. The number of thiazole rings is 1. The Morgan fingerprint density at radius 2 is 2.04 bits per heavy atom. The molecule has 1 amide bonds. The molecule has 0 radical (unpaired) electrons. The molecule has 0 saturated carbocycles. The highest BCUT2D eigenvalue weighted by Gasteiger charge is 2.25. The molecule has 24 heavy (non-hydrogen) atoms. The molecular weight excluding hydrogens is 358 g/mol. The highest BCUT2D eigenvalue weighted by atomic mass is 32.2. The maximum atomic E-state index is 12.0. The predicted octanol–water partition coefficient (Wildman–Crippen LogP) is 1.05. The maximum absolute atomic E-state index is 12.0. The van der Waals surface area contributed by atoms with Gasteiger partial charge >= 0.3 is 12.1 Å². The fourth-order valence-electron chi connectivity index (χ4n) is 1.56. The Morgan fingerprint density at radius 1 is 1.42 bits per heavy atom. The number of nitrogens with zero attached hydrogens (tertiary/aromatic N) is 2. The van der Waals surface area contributed by atoms with Crippen LogP contribution in [-0.2, 0) is 19.6 Å². The van der Waals surface area contributed by atoms with E-state index in [2.05, 4.69) is 9.71 Å². The zero-order valence-electron chi connectivity index (χ0n) is 13.9. The van der Waals surface area contributed by atoms with Crippen LogP contribution in [0.3, 0.4) is 0 Å². The van der Waals surface area contributed by atoms with Gasteiger partial charge in [0.2, 0.25) is 4.34 Å². The van der Waals surface area contributed by atoms with Crippen molar-refractivity contribution in [2.24, 2.45) is 0 Å². The van der Waals surface area contributed by atoms with E-state index in [0.717, 1.165) is 16.2 Å². The molecule has 136 valence electrons. The third kappa shape index (κ3) is 6.81. The molecule has 1 aromatic heterocycles. The molecule has 0 aromatic carbocycles. The summed E-state index contributed by atoms with van der Waals surface area (Å²) in [6.45, 7) is 5.73. The van der Waals surface area contributed by atoms with Crippen LogP contribution in [0.25, 0.3) is 0 Å². The van der Waals surface area contributed by atoms with Crippen molar-refractivity contribution < 1.29 is 27.9 Å². The Hall–Kier alpha value is -1.72. The first-order valence-corrected chi connectivity index (χ1v) is 9.38. The second-order valence-electron chi connectivity index (χ2n) is 5.95. The summed E-state index contributed by atoms with van der Waals surface area (Å²) in [7, 11) is -3.79. The number of carbonyl (C=O) groups is 2. The summed E-state index contributed by atoms with van der Waals surface area (Å²) in [5.41, 5.74) is -0.201. The largest absolute Gasteiger partial charge is 0.480 e. The van der Waals surface area contributed by atoms with Gasteiger partial charge in [-0.2, -0.15) is 0 Å². The second kappa shape index (κ2) is 7.90. The second-order valence-corrected chi connectivity index (χ2v) is 8.75. The van der Waals surface area contributed by atoms with Crippen molar-refractivity contribution in [1.29, 1.82) is 0 Å². The smallest absolute Gasteiger partial charge is 0.410 e. The Balaban J connectivity index is 2.68. The zero-order chi connectivity index (χ0) is 18.5. The van der Waals surface area contributed by atoms with E-state index in [1.807, 2.05) is 0 Å². The first-order valence-electron chi connectivity index (χ1n) is 7.02. The van der Waals surface area contributed by atoms with Gasteiger partial charge in [-0.3, -0.25) is 9.69 Å². The van der Waals surface area contributed by atoms with Crippen LogP contribution >= 0.6 is 11.3 Å². The third-order valence-corrected chi connectivity index (χ3v) is 5.31. The topological polar surface area (TPSA) is 126 Å². The minimum absolute atomic E-state index is 0.0814. The first kappa shape index (κ1) is 20.3. The number of ether oxygens (including phenoxy) is 1. The minimum atomic E-state index is -3.79. The minimum Gasteiger partial charge on any atom is -0.480 e. The van der Waals surface area contributed by atoms with E-state index in [4.69, 9.17) is 9.84 Å². The summed E-state index contributed by atoms with van der Waals surface area (Å²) in [5, 5.41) is 10.5. The number of aliphatic carboxylic acids is 1. The van der Waals surface area contributed by atoms with Crippen LogP contribution in [0.1, 0.15) is 26.5 Å². The lowest BCUT2D eigenvalue weighted by Crippen LogP contribution is -2.43. The standard InChI is InChI=1S/C13H21N3O6S2/c1-9-8-23-11(15-9)24(20,21)14-5-6-16(7-10(17)18)12(19)22-13(2,3)4/h8,14H,5-7H2,1-4H3,(H,17,18). The summed E-state index contributed by atoms with van der Waals surface area (Å²) in [5.74, 6) is -1.22. The van der Waals surface area contributed by atoms with E-state index in [-0.39, 0.29) is 17.4 Å². The SMILES string of the molecule is Cc1csc(S(=O)(=O)NCCN(CC(=O)O)C(=O)OC(C)(C)C)n1. The summed E-state index contributed by atoms with van der Waals surface area (Å²) in [6, 6.07) is 0.